The molecule has 0 aromatic rings. The quantitative estimate of drug-likeness (QED) is 0.484. The van der Waals surface area contributed by atoms with Gasteiger partial charge >= 0.3 is 0 Å². The van der Waals surface area contributed by atoms with E-state index in [2.05, 4.69) is 13.8 Å². The van der Waals surface area contributed by atoms with Gasteiger partial charge in [0.15, 0.2) is 0 Å². The van der Waals surface area contributed by atoms with Gasteiger partial charge in [-0.05, 0) is 52.2 Å². The van der Waals surface area contributed by atoms with Gasteiger partial charge in [-0.15, -0.1) is 0 Å². The standard InChI is InChI=1S/C11H18O2/c1-10(2)6-4-7-11(3,13-10)8-5-9-12/h5,8-9H,4,6-7H2,1-3H3/b8-5+/t11-/m1/s1. The van der Waals surface area contributed by atoms with Crippen molar-refractivity contribution in [2.45, 2.75) is 51.2 Å². The third-order valence-corrected chi connectivity index (χ3v) is 2.49. The van der Waals surface area contributed by atoms with Gasteiger partial charge < -0.3 is 4.74 Å². The van der Waals surface area contributed by atoms with Crippen LogP contribution in [0.1, 0.15) is 40.0 Å². The van der Waals surface area contributed by atoms with Gasteiger partial charge in [0.05, 0.1) is 11.2 Å². The molecule has 0 aliphatic carbocycles. The molecule has 0 aromatic heterocycles. The molecule has 2 nitrogen and oxygen atoms in total. The second-order valence-electron chi connectivity index (χ2n) is 4.52. The molecule has 1 saturated heterocycles. The molecular weight excluding hydrogens is 164 g/mol. The van der Waals surface area contributed by atoms with Crippen molar-refractivity contribution in [2.75, 3.05) is 0 Å². The molecule has 1 aliphatic heterocycles. The molecule has 2 heteroatoms. The molecule has 0 spiro atoms. The Morgan fingerprint density at radius 3 is 2.46 bits per heavy atom. The van der Waals surface area contributed by atoms with Gasteiger partial charge in [0.2, 0.25) is 0 Å². The minimum atomic E-state index is -0.247. The Kier molecular flexibility index (Phi) is 2.91. The summed E-state index contributed by atoms with van der Waals surface area (Å²) in [5.41, 5.74) is -0.303. The molecular formula is C11H18O2. The van der Waals surface area contributed by atoms with Crippen LogP contribution in [0.25, 0.3) is 0 Å². The molecule has 0 saturated carbocycles. The molecule has 0 amide bonds. The van der Waals surface area contributed by atoms with Crippen molar-refractivity contribution in [1.29, 1.82) is 0 Å². The van der Waals surface area contributed by atoms with Crippen molar-refractivity contribution in [3.63, 3.8) is 0 Å². The molecule has 0 unspecified atom stereocenters. The predicted molar refractivity (Wildman–Crippen MR) is 52.6 cm³/mol. The highest BCUT2D eigenvalue weighted by Crippen LogP contribution is 2.35. The summed E-state index contributed by atoms with van der Waals surface area (Å²) in [7, 11) is 0. The average molecular weight is 182 g/mol. The van der Waals surface area contributed by atoms with Crippen molar-refractivity contribution >= 4 is 6.29 Å². The van der Waals surface area contributed by atoms with E-state index in [-0.39, 0.29) is 11.2 Å². The summed E-state index contributed by atoms with van der Waals surface area (Å²) in [5.74, 6) is 0. The molecule has 0 bridgehead atoms. The number of hydrogen-bond donors (Lipinski definition) is 0. The predicted octanol–water partition coefficient (Wildman–Crippen LogP) is 2.48. The molecule has 1 atom stereocenters. The number of rotatable bonds is 2. The van der Waals surface area contributed by atoms with Gasteiger partial charge in [-0.2, -0.15) is 0 Å². The molecule has 13 heavy (non-hydrogen) atoms. The first kappa shape index (κ1) is 10.5. The first-order chi connectivity index (χ1) is 5.97. The topological polar surface area (TPSA) is 26.3 Å². The maximum Gasteiger partial charge on any atom is 0.142 e. The third-order valence-electron chi connectivity index (χ3n) is 2.49. The van der Waals surface area contributed by atoms with E-state index < -0.39 is 0 Å². The van der Waals surface area contributed by atoms with E-state index in [1.54, 1.807) is 0 Å². The molecule has 0 N–H and O–H groups in total. The largest absolute Gasteiger partial charge is 0.365 e. The van der Waals surface area contributed by atoms with Gasteiger partial charge in [-0.3, -0.25) is 4.79 Å². The van der Waals surface area contributed by atoms with Crippen LogP contribution in [0.5, 0.6) is 0 Å². The van der Waals surface area contributed by atoms with Gasteiger partial charge in [-0.1, -0.05) is 0 Å². The lowest BCUT2D eigenvalue weighted by atomic mass is 9.88. The van der Waals surface area contributed by atoms with Gasteiger partial charge in [0.25, 0.3) is 0 Å². The maximum atomic E-state index is 10.2. The number of ether oxygens (including phenoxy) is 1. The number of hydrogen-bond acceptors (Lipinski definition) is 2. The van der Waals surface area contributed by atoms with Crippen LogP contribution < -0.4 is 0 Å². The SMILES string of the molecule is CC1(C)CCC[C@](C)(/C=C/C=O)O1. The zero-order valence-electron chi connectivity index (χ0n) is 8.67. The van der Waals surface area contributed by atoms with Crippen LogP contribution in [0.3, 0.4) is 0 Å². The van der Waals surface area contributed by atoms with Gasteiger partial charge in [0.1, 0.15) is 6.29 Å². The minimum absolute atomic E-state index is 0.0553. The van der Waals surface area contributed by atoms with Gasteiger partial charge in [-0.25, -0.2) is 0 Å². The Hall–Kier alpha value is -0.630. The molecule has 1 fully saturated rings. The van der Waals surface area contributed by atoms with Crippen molar-refractivity contribution in [3.05, 3.63) is 12.2 Å². The second-order valence-corrected chi connectivity index (χ2v) is 4.52. The van der Waals surface area contributed by atoms with Crippen molar-refractivity contribution in [2.24, 2.45) is 0 Å². The molecule has 74 valence electrons. The zero-order valence-corrected chi connectivity index (χ0v) is 8.67. The Balaban J connectivity index is 2.68. The number of aldehydes is 1. The Morgan fingerprint density at radius 2 is 1.92 bits per heavy atom. The summed E-state index contributed by atoms with van der Waals surface area (Å²) in [4.78, 5) is 10.2. The molecule has 1 heterocycles. The molecule has 1 aliphatic rings. The van der Waals surface area contributed by atoms with Crippen molar-refractivity contribution in [3.8, 4) is 0 Å². The van der Waals surface area contributed by atoms with Crippen LogP contribution >= 0.6 is 0 Å². The summed E-state index contributed by atoms with van der Waals surface area (Å²) >= 11 is 0. The minimum Gasteiger partial charge on any atom is -0.365 e. The monoisotopic (exact) mass is 182 g/mol. The van der Waals surface area contributed by atoms with Crippen LogP contribution in [0.4, 0.5) is 0 Å². The Labute approximate surface area is 80.0 Å². The Bertz CT molecular complexity index is 218. The van der Waals surface area contributed by atoms with E-state index in [9.17, 15) is 4.79 Å². The summed E-state index contributed by atoms with van der Waals surface area (Å²) in [6.07, 6.45) is 7.45. The van der Waals surface area contributed by atoms with Crippen LogP contribution in [0.15, 0.2) is 12.2 Å². The average Bonchev–Trinajstić information content (AvgIpc) is 1.98. The van der Waals surface area contributed by atoms with E-state index in [1.807, 2.05) is 13.0 Å². The lowest BCUT2D eigenvalue weighted by molar-refractivity contribution is -0.140. The summed E-state index contributed by atoms with van der Waals surface area (Å²) in [6.45, 7) is 6.23. The third kappa shape index (κ3) is 2.96. The lowest BCUT2D eigenvalue weighted by Gasteiger charge is -2.41. The van der Waals surface area contributed by atoms with E-state index >= 15 is 0 Å². The zero-order chi connectivity index (χ0) is 9.95. The fourth-order valence-electron chi connectivity index (χ4n) is 1.96. The molecule has 0 aromatic carbocycles. The van der Waals surface area contributed by atoms with Crippen molar-refractivity contribution < 1.29 is 9.53 Å². The highest BCUT2D eigenvalue weighted by molar-refractivity contribution is 5.65. The first-order valence-electron chi connectivity index (χ1n) is 4.81. The summed E-state index contributed by atoms with van der Waals surface area (Å²) in [5, 5.41) is 0. The molecule has 0 radical (unpaired) electrons. The van der Waals surface area contributed by atoms with E-state index in [4.69, 9.17) is 4.74 Å². The van der Waals surface area contributed by atoms with Crippen LogP contribution in [-0.2, 0) is 9.53 Å². The maximum absolute atomic E-state index is 10.2. The molecule has 1 rings (SSSR count). The van der Waals surface area contributed by atoms with E-state index in [1.165, 1.54) is 6.08 Å². The van der Waals surface area contributed by atoms with Gasteiger partial charge in [0, 0.05) is 0 Å². The highest BCUT2D eigenvalue weighted by atomic mass is 16.5. The number of carbonyl (C=O) groups excluding carboxylic acids is 1. The second kappa shape index (κ2) is 3.62. The normalized spacial score (nSPS) is 33.5. The first-order valence-corrected chi connectivity index (χ1v) is 4.81. The fraction of sp³-hybridized carbons (Fsp3) is 0.727. The van der Waals surface area contributed by atoms with Crippen LogP contribution in [0.2, 0.25) is 0 Å². The van der Waals surface area contributed by atoms with Crippen LogP contribution in [-0.4, -0.2) is 17.5 Å². The lowest BCUT2D eigenvalue weighted by Crippen LogP contribution is -2.42. The van der Waals surface area contributed by atoms with Crippen LogP contribution in [0, 0.1) is 0 Å². The summed E-state index contributed by atoms with van der Waals surface area (Å²) in [6, 6.07) is 0. The smallest absolute Gasteiger partial charge is 0.142 e. The van der Waals surface area contributed by atoms with Crippen molar-refractivity contribution in [1.82, 2.24) is 0 Å². The fourth-order valence-corrected chi connectivity index (χ4v) is 1.96. The number of carbonyl (C=O) groups is 1. The number of allylic oxidation sites excluding steroid dienone is 1. The van der Waals surface area contributed by atoms with E-state index in [0.29, 0.717) is 0 Å². The highest BCUT2D eigenvalue weighted by Gasteiger charge is 2.35. The Morgan fingerprint density at radius 1 is 1.23 bits per heavy atom. The van der Waals surface area contributed by atoms with E-state index in [0.717, 1.165) is 25.5 Å². The summed E-state index contributed by atoms with van der Waals surface area (Å²) < 4.78 is 5.92.